The van der Waals surface area contributed by atoms with Gasteiger partial charge in [0.2, 0.25) is 5.69 Å². The minimum Gasteiger partial charge on any atom is -0.481 e. The van der Waals surface area contributed by atoms with Gasteiger partial charge in [-0.05, 0) is 48.9 Å². The summed E-state index contributed by atoms with van der Waals surface area (Å²) in [5.74, 6) is -2.76. The maximum Gasteiger partial charge on any atom is 0.303 e. The third-order valence-electron chi connectivity index (χ3n) is 5.74. The molecule has 0 saturated carbocycles. The van der Waals surface area contributed by atoms with Crippen molar-refractivity contribution in [2.24, 2.45) is 13.0 Å². The zero-order chi connectivity index (χ0) is 25.5. The van der Waals surface area contributed by atoms with Gasteiger partial charge in [0.05, 0.1) is 13.2 Å². The highest BCUT2D eigenvalue weighted by Gasteiger charge is 2.24. The number of ether oxygens (including phenoxy) is 1. The Kier molecular flexibility index (Phi) is 8.66. The van der Waals surface area contributed by atoms with Gasteiger partial charge in [-0.15, -0.1) is 0 Å². The van der Waals surface area contributed by atoms with Gasteiger partial charge in [-0.2, -0.15) is 0 Å². The molecule has 1 unspecified atom stereocenters. The Hall–Kier alpha value is -3.64. The monoisotopic (exact) mass is 483 g/mol. The number of hydrogen-bond donors (Lipinski definition) is 1. The number of unbranched alkanes of at least 4 members (excludes halogenated alkanes) is 1. The number of aromatic nitrogens is 2. The lowest BCUT2D eigenvalue weighted by Crippen LogP contribution is -2.12. The Bertz CT molecular complexity index is 1260. The van der Waals surface area contributed by atoms with Crippen molar-refractivity contribution in [2.45, 2.75) is 45.6 Å². The SMILES string of the molecule is [C-]#[N+]c1cnc2c(c1)c(C(=O)CC(C)CC(=O)O)c(CCCCOCc1cc(F)cc(F)c1)n2C. The number of carbonyl (C=O) groups is 2. The van der Waals surface area contributed by atoms with Gasteiger partial charge in [0.15, 0.2) is 5.78 Å². The summed E-state index contributed by atoms with van der Waals surface area (Å²) >= 11 is 0. The number of pyridine rings is 1. The average molecular weight is 484 g/mol. The van der Waals surface area contributed by atoms with Crippen LogP contribution in [0.5, 0.6) is 0 Å². The van der Waals surface area contributed by atoms with Gasteiger partial charge < -0.3 is 14.4 Å². The molecule has 2 aromatic heterocycles. The van der Waals surface area contributed by atoms with Gasteiger partial charge in [-0.25, -0.2) is 18.6 Å². The van der Waals surface area contributed by atoms with E-state index < -0.39 is 17.6 Å². The molecule has 0 aliphatic carbocycles. The van der Waals surface area contributed by atoms with Crippen molar-refractivity contribution in [1.29, 1.82) is 0 Å². The third kappa shape index (κ3) is 6.70. The number of ketones is 1. The average Bonchev–Trinajstić information content (AvgIpc) is 3.05. The number of fused-ring (bicyclic) bond motifs is 1. The second-order valence-electron chi connectivity index (χ2n) is 8.67. The topological polar surface area (TPSA) is 85.8 Å². The summed E-state index contributed by atoms with van der Waals surface area (Å²) in [4.78, 5) is 32.1. The Morgan fingerprint density at radius 3 is 2.54 bits per heavy atom. The number of Topliss-reactive ketones (excluding diaryl/α,β-unsaturated/α-hetero) is 1. The first-order chi connectivity index (χ1) is 16.7. The number of carboxylic acid groups (broad SMARTS) is 1. The molecule has 35 heavy (non-hydrogen) atoms. The quantitative estimate of drug-likeness (QED) is 0.205. The number of halogens is 2. The molecule has 9 heteroatoms. The number of aryl methyl sites for hydroxylation is 1. The largest absolute Gasteiger partial charge is 0.481 e. The van der Waals surface area contributed by atoms with Crippen LogP contribution in [0.3, 0.4) is 0 Å². The summed E-state index contributed by atoms with van der Waals surface area (Å²) in [6.45, 7) is 9.48. The molecule has 2 heterocycles. The highest BCUT2D eigenvalue weighted by molar-refractivity contribution is 6.09. The number of benzene rings is 1. The van der Waals surface area contributed by atoms with Crippen LogP contribution in [0, 0.1) is 24.1 Å². The van der Waals surface area contributed by atoms with E-state index in [0.717, 1.165) is 11.8 Å². The van der Waals surface area contributed by atoms with Crippen LogP contribution in [0.2, 0.25) is 0 Å². The van der Waals surface area contributed by atoms with E-state index in [-0.39, 0.29) is 31.1 Å². The Balaban J connectivity index is 1.71. The van der Waals surface area contributed by atoms with E-state index in [0.29, 0.717) is 53.7 Å². The first-order valence-electron chi connectivity index (χ1n) is 11.3. The van der Waals surface area contributed by atoms with Crippen LogP contribution in [0.15, 0.2) is 30.5 Å². The molecule has 1 aromatic carbocycles. The molecule has 0 amide bonds. The fourth-order valence-electron chi connectivity index (χ4n) is 4.18. The fourth-order valence-corrected chi connectivity index (χ4v) is 4.18. The smallest absolute Gasteiger partial charge is 0.303 e. The number of hydrogen-bond acceptors (Lipinski definition) is 4. The summed E-state index contributed by atoms with van der Waals surface area (Å²) in [6, 6.07) is 4.91. The summed E-state index contributed by atoms with van der Waals surface area (Å²) in [5, 5.41) is 9.64. The van der Waals surface area contributed by atoms with Crippen LogP contribution in [0.25, 0.3) is 15.9 Å². The van der Waals surface area contributed by atoms with Gasteiger partial charge in [-0.3, -0.25) is 9.59 Å². The molecule has 0 bridgehead atoms. The van der Waals surface area contributed by atoms with Crippen molar-refractivity contribution in [1.82, 2.24) is 9.55 Å². The Morgan fingerprint density at radius 2 is 1.89 bits per heavy atom. The number of carboxylic acids is 1. The number of carbonyl (C=O) groups excluding carboxylic acids is 1. The molecule has 0 saturated heterocycles. The molecule has 184 valence electrons. The lowest BCUT2D eigenvalue weighted by molar-refractivity contribution is -0.137. The van der Waals surface area contributed by atoms with Crippen LogP contribution in [0.4, 0.5) is 14.5 Å². The highest BCUT2D eigenvalue weighted by atomic mass is 19.1. The zero-order valence-electron chi connectivity index (χ0n) is 19.7. The summed E-state index contributed by atoms with van der Waals surface area (Å²) < 4.78 is 34.0. The molecular formula is C26H27F2N3O4. The van der Waals surface area contributed by atoms with Crippen LogP contribution in [-0.2, 0) is 29.6 Å². The van der Waals surface area contributed by atoms with Crippen LogP contribution < -0.4 is 0 Å². The van der Waals surface area contributed by atoms with Crippen LogP contribution >= 0.6 is 0 Å². The summed E-state index contributed by atoms with van der Waals surface area (Å²) in [5.41, 5.74) is 2.58. The van der Waals surface area contributed by atoms with E-state index in [9.17, 15) is 18.4 Å². The van der Waals surface area contributed by atoms with Crippen molar-refractivity contribution in [3.8, 4) is 0 Å². The summed E-state index contributed by atoms with van der Waals surface area (Å²) in [6.07, 6.45) is 3.32. The minimum absolute atomic E-state index is 0.0773. The molecule has 3 rings (SSSR count). The van der Waals surface area contributed by atoms with Crippen molar-refractivity contribution < 1.29 is 28.2 Å². The minimum atomic E-state index is -0.957. The standard InChI is InChI=1S/C26H27F2N3O4/c1-16(9-24(33)34)8-23(32)25-21-13-20(29-2)14-30-26(21)31(3)22(25)6-4-5-7-35-15-17-10-18(27)12-19(28)11-17/h10-14,16H,4-9,15H2,1,3H3,(H,33,34). The maximum atomic E-state index is 13.3. The first-order valence-corrected chi connectivity index (χ1v) is 11.3. The van der Waals surface area contributed by atoms with Crippen molar-refractivity contribution >= 4 is 28.5 Å². The van der Waals surface area contributed by atoms with Crippen molar-refractivity contribution in [3.63, 3.8) is 0 Å². The number of aliphatic carboxylic acids is 1. The van der Waals surface area contributed by atoms with Gasteiger partial charge in [-0.1, -0.05) is 6.92 Å². The van der Waals surface area contributed by atoms with E-state index in [2.05, 4.69) is 9.83 Å². The predicted molar refractivity (Wildman–Crippen MR) is 126 cm³/mol. The van der Waals surface area contributed by atoms with Crippen molar-refractivity contribution in [3.05, 3.63) is 70.3 Å². The van der Waals surface area contributed by atoms with E-state index in [1.165, 1.54) is 18.3 Å². The second-order valence-corrected chi connectivity index (χ2v) is 8.67. The van der Waals surface area contributed by atoms with Gasteiger partial charge in [0, 0.05) is 55.4 Å². The molecule has 0 fully saturated rings. The molecule has 3 aromatic rings. The Labute approximate surface area is 202 Å². The fraction of sp³-hybridized carbons (Fsp3) is 0.385. The number of rotatable bonds is 12. The van der Waals surface area contributed by atoms with E-state index in [1.807, 2.05) is 11.6 Å². The zero-order valence-corrected chi connectivity index (χ0v) is 19.7. The molecule has 7 nitrogen and oxygen atoms in total. The van der Waals surface area contributed by atoms with Gasteiger partial charge >= 0.3 is 5.97 Å². The van der Waals surface area contributed by atoms with Gasteiger partial charge in [0.1, 0.15) is 17.3 Å². The molecule has 0 aliphatic heterocycles. The van der Waals surface area contributed by atoms with E-state index in [1.54, 1.807) is 13.0 Å². The van der Waals surface area contributed by atoms with Crippen LogP contribution in [0.1, 0.15) is 54.2 Å². The molecule has 1 atom stereocenters. The second kappa shape index (κ2) is 11.7. The predicted octanol–water partition coefficient (Wildman–Crippen LogP) is 5.63. The third-order valence-corrected chi connectivity index (χ3v) is 5.74. The summed E-state index contributed by atoms with van der Waals surface area (Å²) in [7, 11) is 1.81. The molecule has 0 aliphatic rings. The number of nitrogens with zero attached hydrogens (tertiary/aromatic N) is 3. The first kappa shape index (κ1) is 26.0. The maximum absolute atomic E-state index is 13.3. The normalized spacial score (nSPS) is 12.0. The molecule has 0 spiro atoms. The van der Waals surface area contributed by atoms with E-state index >= 15 is 0 Å². The molecular weight excluding hydrogens is 456 g/mol. The Morgan fingerprint density at radius 1 is 1.17 bits per heavy atom. The molecule has 0 radical (unpaired) electrons. The van der Waals surface area contributed by atoms with Crippen molar-refractivity contribution in [2.75, 3.05) is 6.61 Å². The molecule has 1 N–H and O–H groups in total. The highest BCUT2D eigenvalue weighted by Crippen LogP contribution is 2.30. The lowest BCUT2D eigenvalue weighted by atomic mass is 9.94. The van der Waals surface area contributed by atoms with Gasteiger partial charge in [0.25, 0.3) is 0 Å². The van der Waals surface area contributed by atoms with E-state index in [4.69, 9.17) is 16.4 Å². The lowest BCUT2D eigenvalue weighted by Gasteiger charge is -2.11. The van der Waals surface area contributed by atoms with Crippen LogP contribution in [-0.4, -0.2) is 33.0 Å².